The van der Waals surface area contributed by atoms with Gasteiger partial charge in [-0.3, -0.25) is 0 Å². The Kier molecular flexibility index (Phi) is 4.94. The average Bonchev–Trinajstić information content (AvgIpc) is 2.41. The normalized spacial score (nSPS) is 10.7. The molecule has 100 valence electrons. The molecule has 2 aromatic rings. The second kappa shape index (κ2) is 6.69. The molecule has 2 aromatic carbocycles. The van der Waals surface area contributed by atoms with Crippen LogP contribution >= 0.6 is 11.6 Å². The second-order valence-electron chi connectivity index (χ2n) is 4.50. The van der Waals surface area contributed by atoms with Gasteiger partial charge in [0.25, 0.3) is 0 Å². The van der Waals surface area contributed by atoms with Gasteiger partial charge in [0.05, 0.1) is 0 Å². The number of hydrogen-bond donors (Lipinski definition) is 1. The predicted molar refractivity (Wildman–Crippen MR) is 78.8 cm³/mol. The summed E-state index contributed by atoms with van der Waals surface area (Å²) in [5.74, 6) is -0.236. The minimum absolute atomic E-state index is 0.236. The molecule has 0 saturated heterocycles. The fourth-order valence-electron chi connectivity index (χ4n) is 1.94. The van der Waals surface area contributed by atoms with Crippen molar-refractivity contribution in [3.05, 3.63) is 58.9 Å². The van der Waals surface area contributed by atoms with Crippen LogP contribution in [-0.2, 0) is 6.54 Å². The van der Waals surface area contributed by atoms with Crippen molar-refractivity contribution in [3.63, 3.8) is 0 Å². The van der Waals surface area contributed by atoms with E-state index in [-0.39, 0.29) is 5.82 Å². The molecule has 0 radical (unpaired) electrons. The summed E-state index contributed by atoms with van der Waals surface area (Å²) in [5.41, 5.74) is 3.02. The van der Waals surface area contributed by atoms with E-state index in [4.69, 9.17) is 11.6 Å². The van der Waals surface area contributed by atoms with Gasteiger partial charge in [-0.25, -0.2) is 4.39 Å². The molecule has 0 aromatic heterocycles. The third-order valence-corrected chi connectivity index (χ3v) is 3.26. The summed E-state index contributed by atoms with van der Waals surface area (Å²) >= 11 is 6.29. The molecule has 3 heteroatoms. The predicted octanol–water partition coefficient (Wildman–Crippen LogP) is 4.65. The molecule has 1 nitrogen and oxygen atoms in total. The van der Waals surface area contributed by atoms with Crippen LogP contribution < -0.4 is 5.32 Å². The lowest BCUT2D eigenvalue weighted by atomic mass is 10.0. The van der Waals surface area contributed by atoms with E-state index in [9.17, 15) is 4.39 Å². The third kappa shape index (κ3) is 3.79. The van der Waals surface area contributed by atoms with Gasteiger partial charge in [-0.05, 0) is 42.3 Å². The number of halogens is 2. The zero-order valence-corrected chi connectivity index (χ0v) is 11.7. The van der Waals surface area contributed by atoms with Crippen LogP contribution in [0.2, 0.25) is 5.02 Å². The van der Waals surface area contributed by atoms with Crippen LogP contribution in [0.4, 0.5) is 4.39 Å². The molecular weight excluding hydrogens is 261 g/mol. The van der Waals surface area contributed by atoms with Crippen LogP contribution in [0.1, 0.15) is 18.9 Å². The zero-order valence-electron chi connectivity index (χ0n) is 10.9. The maximum absolute atomic E-state index is 12.9. The van der Waals surface area contributed by atoms with Crippen LogP contribution in [0.15, 0.2) is 42.5 Å². The van der Waals surface area contributed by atoms with Crippen molar-refractivity contribution in [1.29, 1.82) is 0 Å². The highest BCUT2D eigenvalue weighted by atomic mass is 35.5. The Labute approximate surface area is 118 Å². The van der Waals surface area contributed by atoms with Crippen LogP contribution in [-0.4, -0.2) is 6.54 Å². The summed E-state index contributed by atoms with van der Waals surface area (Å²) in [7, 11) is 0. The Balaban J connectivity index is 2.17. The van der Waals surface area contributed by atoms with E-state index in [1.165, 1.54) is 12.1 Å². The van der Waals surface area contributed by atoms with E-state index < -0.39 is 0 Å². The first-order chi connectivity index (χ1) is 9.20. The SMILES string of the molecule is CCCNCc1ccc(-c2ccc(F)cc2)c(Cl)c1. The standard InChI is InChI=1S/C16H17ClFN/c1-2-9-19-11-12-3-8-15(16(17)10-12)13-4-6-14(18)7-5-13/h3-8,10,19H,2,9,11H2,1H3. The highest BCUT2D eigenvalue weighted by Crippen LogP contribution is 2.28. The van der Waals surface area contributed by atoms with Crippen LogP contribution in [0, 0.1) is 5.82 Å². The zero-order chi connectivity index (χ0) is 13.7. The summed E-state index contributed by atoms with van der Waals surface area (Å²) in [5, 5.41) is 4.03. The van der Waals surface area contributed by atoms with Gasteiger partial charge in [0.15, 0.2) is 0 Å². The molecule has 0 aliphatic carbocycles. The van der Waals surface area contributed by atoms with Gasteiger partial charge in [0.2, 0.25) is 0 Å². The first-order valence-corrected chi connectivity index (χ1v) is 6.83. The molecule has 0 saturated carbocycles. The lowest BCUT2D eigenvalue weighted by molar-refractivity contribution is 0.628. The number of nitrogens with one attached hydrogen (secondary N) is 1. The van der Waals surface area contributed by atoms with Gasteiger partial charge in [0, 0.05) is 17.1 Å². The third-order valence-electron chi connectivity index (χ3n) is 2.94. The van der Waals surface area contributed by atoms with Crippen molar-refractivity contribution in [2.24, 2.45) is 0 Å². The van der Waals surface area contributed by atoms with Crippen molar-refractivity contribution in [2.75, 3.05) is 6.54 Å². The van der Waals surface area contributed by atoms with E-state index in [0.717, 1.165) is 36.2 Å². The van der Waals surface area contributed by atoms with Gasteiger partial charge in [-0.1, -0.05) is 42.8 Å². The molecule has 2 rings (SSSR count). The summed E-state index contributed by atoms with van der Waals surface area (Å²) < 4.78 is 12.9. The summed E-state index contributed by atoms with van der Waals surface area (Å²) in [4.78, 5) is 0. The molecule has 0 fully saturated rings. The van der Waals surface area contributed by atoms with E-state index in [1.807, 2.05) is 18.2 Å². The van der Waals surface area contributed by atoms with Crippen LogP contribution in [0.25, 0.3) is 11.1 Å². The molecule has 0 bridgehead atoms. The van der Waals surface area contributed by atoms with Crippen molar-refractivity contribution < 1.29 is 4.39 Å². The smallest absolute Gasteiger partial charge is 0.123 e. The quantitative estimate of drug-likeness (QED) is 0.785. The Hall–Kier alpha value is -1.38. The van der Waals surface area contributed by atoms with Crippen molar-refractivity contribution >= 4 is 11.6 Å². The Morgan fingerprint density at radius 2 is 1.84 bits per heavy atom. The van der Waals surface area contributed by atoms with Crippen molar-refractivity contribution in [3.8, 4) is 11.1 Å². The van der Waals surface area contributed by atoms with Crippen LogP contribution in [0.5, 0.6) is 0 Å². The first-order valence-electron chi connectivity index (χ1n) is 6.46. The molecule has 0 unspecified atom stereocenters. The molecule has 1 N–H and O–H groups in total. The Bertz CT molecular complexity index is 537. The first kappa shape index (κ1) is 14.0. The number of rotatable bonds is 5. The molecular formula is C16H17ClFN. The molecule has 0 spiro atoms. The summed E-state index contributed by atoms with van der Waals surface area (Å²) in [6, 6.07) is 12.4. The molecule has 0 heterocycles. The monoisotopic (exact) mass is 277 g/mol. The maximum Gasteiger partial charge on any atom is 0.123 e. The molecule has 0 aliphatic heterocycles. The minimum atomic E-state index is -0.236. The average molecular weight is 278 g/mol. The van der Waals surface area contributed by atoms with Crippen molar-refractivity contribution in [1.82, 2.24) is 5.32 Å². The fourth-order valence-corrected chi connectivity index (χ4v) is 2.25. The van der Waals surface area contributed by atoms with E-state index >= 15 is 0 Å². The van der Waals surface area contributed by atoms with Gasteiger partial charge in [-0.15, -0.1) is 0 Å². The van der Waals surface area contributed by atoms with Gasteiger partial charge in [0.1, 0.15) is 5.82 Å². The van der Waals surface area contributed by atoms with Crippen LogP contribution in [0.3, 0.4) is 0 Å². The summed E-state index contributed by atoms with van der Waals surface area (Å²) in [6.45, 7) is 3.95. The molecule has 0 atom stereocenters. The molecule has 19 heavy (non-hydrogen) atoms. The van der Waals surface area contributed by atoms with E-state index in [1.54, 1.807) is 12.1 Å². The maximum atomic E-state index is 12.9. The molecule has 0 amide bonds. The number of benzene rings is 2. The van der Waals surface area contributed by atoms with Crippen molar-refractivity contribution in [2.45, 2.75) is 19.9 Å². The molecule has 0 aliphatic rings. The highest BCUT2D eigenvalue weighted by Gasteiger charge is 2.05. The fraction of sp³-hybridized carbons (Fsp3) is 0.250. The lowest BCUT2D eigenvalue weighted by Gasteiger charge is -2.08. The van der Waals surface area contributed by atoms with Gasteiger partial charge in [-0.2, -0.15) is 0 Å². The van der Waals surface area contributed by atoms with E-state index in [0.29, 0.717) is 5.02 Å². The van der Waals surface area contributed by atoms with Gasteiger partial charge < -0.3 is 5.32 Å². The topological polar surface area (TPSA) is 12.0 Å². The second-order valence-corrected chi connectivity index (χ2v) is 4.91. The minimum Gasteiger partial charge on any atom is -0.313 e. The largest absolute Gasteiger partial charge is 0.313 e. The number of hydrogen-bond acceptors (Lipinski definition) is 1. The Morgan fingerprint density at radius 3 is 2.47 bits per heavy atom. The van der Waals surface area contributed by atoms with Gasteiger partial charge >= 0.3 is 0 Å². The summed E-state index contributed by atoms with van der Waals surface area (Å²) in [6.07, 6.45) is 1.11. The Morgan fingerprint density at radius 1 is 1.11 bits per heavy atom. The van der Waals surface area contributed by atoms with E-state index in [2.05, 4.69) is 12.2 Å². The highest BCUT2D eigenvalue weighted by molar-refractivity contribution is 6.33. The lowest BCUT2D eigenvalue weighted by Crippen LogP contribution is -2.13.